The summed E-state index contributed by atoms with van der Waals surface area (Å²) >= 11 is 3.13. The molecule has 1 rings (SSSR count). The number of halogens is 2. The van der Waals surface area contributed by atoms with Gasteiger partial charge in [-0.05, 0) is 29.8 Å². The number of primary amides is 1. The van der Waals surface area contributed by atoms with E-state index in [1.165, 1.54) is 24.3 Å². The number of carbonyl (C=O) groups excluding carboxylic acids is 1. The molecule has 0 atom stereocenters. The van der Waals surface area contributed by atoms with E-state index in [1.54, 1.807) is 6.07 Å². The fourth-order valence-electron chi connectivity index (χ4n) is 0.850. The molecule has 0 aromatic heterocycles. The quantitative estimate of drug-likeness (QED) is 0.795. The minimum atomic E-state index is -0.555. The van der Waals surface area contributed by atoms with Crippen molar-refractivity contribution in [1.82, 2.24) is 0 Å². The van der Waals surface area contributed by atoms with Gasteiger partial charge in [-0.2, -0.15) is 0 Å². The normalized spacial score (nSPS) is 10.6. The van der Waals surface area contributed by atoms with E-state index >= 15 is 0 Å². The molecular formula is C9H7BrFNO. The number of rotatable bonds is 2. The molecule has 0 unspecified atom stereocenters. The molecule has 0 bridgehead atoms. The molecule has 1 aromatic rings. The summed E-state index contributed by atoms with van der Waals surface area (Å²) in [6, 6.07) is 4.33. The van der Waals surface area contributed by atoms with Gasteiger partial charge in [0.1, 0.15) is 5.82 Å². The molecule has 13 heavy (non-hydrogen) atoms. The standard InChI is InChI=1S/C9H7BrFNO/c10-7-3-6(1-2-9(12)13)4-8(11)5-7/h1-5H,(H2,12,13). The zero-order valence-corrected chi connectivity index (χ0v) is 8.21. The summed E-state index contributed by atoms with van der Waals surface area (Å²) in [5, 5.41) is 0. The molecule has 0 heterocycles. The van der Waals surface area contributed by atoms with Crippen molar-refractivity contribution in [2.45, 2.75) is 0 Å². The minimum Gasteiger partial charge on any atom is -0.366 e. The van der Waals surface area contributed by atoms with Crippen LogP contribution in [0.5, 0.6) is 0 Å². The summed E-state index contributed by atoms with van der Waals surface area (Å²) in [6.45, 7) is 0. The Labute approximate surface area is 83.4 Å². The SMILES string of the molecule is NC(=O)C=Cc1cc(F)cc(Br)c1. The van der Waals surface area contributed by atoms with E-state index < -0.39 is 5.91 Å². The third-order valence-electron chi connectivity index (χ3n) is 1.32. The lowest BCUT2D eigenvalue weighted by atomic mass is 10.2. The van der Waals surface area contributed by atoms with Crippen molar-refractivity contribution in [2.75, 3.05) is 0 Å². The molecule has 1 amide bonds. The van der Waals surface area contributed by atoms with E-state index in [-0.39, 0.29) is 5.82 Å². The van der Waals surface area contributed by atoms with E-state index in [2.05, 4.69) is 15.9 Å². The molecule has 0 aliphatic heterocycles. The third kappa shape index (κ3) is 3.38. The summed E-state index contributed by atoms with van der Waals surface area (Å²) < 4.78 is 13.4. The van der Waals surface area contributed by atoms with Crippen LogP contribution >= 0.6 is 15.9 Å². The second kappa shape index (κ2) is 4.18. The monoisotopic (exact) mass is 243 g/mol. The highest BCUT2D eigenvalue weighted by atomic mass is 79.9. The van der Waals surface area contributed by atoms with Crippen LogP contribution in [-0.4, -0.2) is 5.91 Å². The van der Waals surface area contributed by atoms with E-state index in [9.17, 15) is 9.18 Å². The topological polar surface area (TPSA) is 43.1 Å². The number of benzene rings is 1. The van der Waals surface area contributed by atoms with Gasteiger partial charge in [0.15, 0.2) is 0 Å². The van der Waals surface area contributed by atoms with Crippen molar-refractivity contribution in [3.63, 3.8) is 0 Å². The zero-order chi connectivity index (χ0) is 9.84. The lowest BCUT2D eigenvalue weighted by Gasteiger charge is -1.95. The van der Waals surface area contributed by atoms with Crippen molar-refractivity contribution in [3.05, 3.63) is 40.1 Å². The van der Waals surface area contributed by atoms with Crippen LogP contribution in [0, 0.1) is 5.82 Å². The number of nitrogens with two attached hydrogens (primary N) is 1. The van der Waals surface area contributed by atoms with Crippen molar-refractivity contribution >= 4 is 27.9 Å². The summed E-state index contributed by atoms with van der Waals surface area (Å²) in [7, 11) is 0. The molecule has 0 aliphatic rings. The molecule has 2 N–H and O–H groups in total. The Kier molecular flexibility index (Phi) is 3.19. The molecule has 68 valence electrons. The van der Waals surface area contributed by atoms with Crippen LogP contribution in [-0.2, 0) is 4.79 Å². The van der Waals surface area contributed by atoms with Gasteiger partial charge in [-0.15, -0.1) is 0 Å². The highest BCUT2D eigenvalue weighted by molar-refractivity contribution is 9.10. The first-order valence-electron chi connectivity index (χ1n) is 3.51. The maximum atomic E-state index is 12.8. The van der Waals surface area contributed by atoms with E-state index in [1.807, 2.05) is 0 Å². The fourth-order valence-corrected chi connectivity index (χ4v) is 1.33. The Morgan fingerprint density at radius 1 is 1.46 bits per heavy atom. The predicted molar refractivity (Wildman–Crippen MR) is 52.3 cm³/mol. The smallest absolute Gasteiger partial charge is 0.241 e. The van der Waals surface area contributed by atoms with Gasteiger partial charge in [0.2, 0.25) is 5.91 Å². The molecule has 0 saturated carbocycles. The van der Waals surface area contributed by atoms with Crippen LogP contribution in [0.1, 0.15) is 5.56 Å². The van der Waals surface area contributed by atoms with Gasteiger partial charge in [-0.1, -0.05) is 15.9 Å². The van der Waals surface area contributed by atoms with Crippen molar-refractivity contribution in [1.29, 1.82) is 0 Å². The van der Waals surface area contributed by atoms with E-state index in [4.69, 9.17) is 5.73 Å². The van der Waals surface area contributed by atoms with Crippen molar-refractivity contribution in [3.8, 4) is 0 Å². The van der Waals surface area contributed by atoms with Crippen LogP contribution in [0.15, 0.2) is 28.7 Å². The van der Waals surface area contributed by atoms with Crippen LogP contribution in [0.25, 0.3) is 6.08 Å². The first-order chi connectivity index (χ1) is 6.08. The lowest BCUT2D eigenvalue weighted by molar-refractivity contribution is -0.113. The van der Waals surface area contributed by atoms with Gasteiger partial charge in [0.25, 0.3) is 0 Å². The fraction of sp³-hybridized carbons (Fsp3) is 0. The Hall–Kier alpha value is -1.16. The van der Waals surface area contributed by atoms with E-state index in [0.29, 0.717) is 10.0 Å². The first kappa shape index (κ1) is 9.92. The zero-order valence-electron chi connectivity index (χ0n) is 6.63. The van der Waals surface area contributed by atoms with Gasteiger partial charge in [-0.3, -0.25) is 4.79 Å². The predicted octanol–water partition coefficient (Wildman–Crippen LogP) is 2.09. The second-order valence-electron chi connectivity index (χ2n) is 2.44. The number of carbonyl (C=O) groups is 1. The number of amides is 1. The molecule has 0 fully saturated rings. The minimum absolute atomic E-state index is 0.363. The summed E-state index contributed by atoms with van der Waals surface area (Å²) in [4.78, 5) is 10.4. The Balaban J connectivity index is 2.95. The molecule has 0 saturated heterocycles. The third-order valence-corrected chi connectivity index (χ3v) is 1.78. The van der Waals surface area contributed by atoms with Gasteiger partial charge in [0, 0.05) is 10.5 Å². The van der Waals surface area contributed by atoms with E-state index in [0.717, 1.165) is 0 Å². The summed E-state index contributed by atoms with van der Waals surface area (Å²) in [5.74, 6) is -0.918. The summed E-state index contributed by atoms with van der Waals surface area (Å²) in [6.07, 6.45) is 2.64. The van der Waals surface area contributed by atoms with Crippen LogP contribution < -0.4 is 5.73 Å². The van der Waals surface area contributed by atoms with Gasteiger partial charge in [-0.25, -0.2) is 4.39 Å². The molecule has 0 radical (unpaired) electrons. The molecule has 0 aliphatic carbocycles. The molecule has 1 aromatic carbocycles. The molecule has 0 spiro atoms. The molecule has 4 heteroatoms. The Bertz CT molecular complexity index is 342. The van der Waals surface area contributed by atoms with Gasteiger partial charge >= 0.3 is 0 Å². The average molecular weight is 244 g/mol. The Morgan fingerprint density at radius 2 is 2.15 bits per heavy atom. The highest BCUT2D eigenvalue weighted by Crippen LogP contribution is 2.15. The average Bonchev–Trinajstić information content (AvgIpc) is 1.99. The maximum Gasteiger partial charge on any atom is 0.241 e. The number of hydrogen-bond donors (Lipinski definition) is 1. The largest absolute Gasteiger partial charge is 0.366 e. The van der Waals surface area contributed by atoms with Gasteiger partial charge in [0.05, 0.1) is 0 Å². The van der Waals surface area contributed by atoms with Crippen LogP contribution in [0.4, 0.5) is 4.39 Å². The lowest BCUT2D eigenvalue weighted by Crippen LogP contribution is -2.05. The van der Waals surface area contributed by atoms with Crippen LogP contribution in [0.3, 0.4) is 0 Å². The Morgan fingerprint density at radius 3 is 2.69 bits per heavy atom. The van der Waals surface area contributed by atoms with Crippen molar-refractivity contribution in [2.24, 2.45) is 5.73 Å². The first-order valence-corrected chi connectivity index (χ1v) is 4.31. The maximum absolute atomic E-state index is 12.8. The molecular weight excluding hydrogens is 237 g/mol. The number of hydrogen-bond acceptors (Lipinski definition) is 1. The molecule has 2 nitrogen and oxygen atoms in total. The second-order valence-corrected chi connectivity index (χ2v) is 3.35. The summed E-state index contributed by atoms with van der Waals surface area (Å²) in [5.41, 5.74) is 5.47. The van der Waals surface area contributed by atoms with Crippen molar-refractivity contribution < 1.29 is 9.18 Å². The van der Waals surface area contributed by atoms with Crippen LogP contribution in [0.2, 0.25) is 0 Å². The highest BCUT2D eigenvalue weighted by Gasteiger charge is 1.95. The van der Waals surface area contributed by atoms with Gasteiger partial charge < -0.3 is 5.73 Å².